The number of aryl methyl sites for hydroxylation is 1. The van der Waals surface area contributed by atoms with Crippen LogP contribution in [0.4, 0.5) is 5.13 Å². The fourth-order valence-corrected chi connectivity index (χ4v) is 3.37. The maximum absolute atomic E-state index is 12.3. The summed E-state index contributed by atoms with van der Waals surface area (Å²) in [5, 5.41) is 12.7. The first kappa shape index (κ1) is 16.9. The van der Waals surface area contributed by atoms with Gasteiger partial charge in [-0.05, 0) is 24.1 Å². The summed E-state index contributed by atoms with van der Waals surface area (Å²) in [6.07, 6.45) is 1.00. The van der Waals surface area contributed by atoms with Crippen molar-refractivity contribution in [2.45, 2.75) is 26.3 Å². The van der Waals surface area contributed by atoms with Crippen LogP contribution in [0.3, 0.4) is 0 Å². The molecule has 1 aromatic carbocycles. The van der Waals surface area contributed by atoms with Crippen LogP contribution in [-0.4, -0.2) is 33.5 Å². The molecule has 0 spiro atoms. The fraction of sp³-hybridized carbons (Fsp3) is 0.375. The van der Waals surface area contributed by atoms with Gasteiger partial charge in [0.25, 0.3) is 0 Å². The van der Waals surface area contributed by atoms with Crippen molar-refractivity contribution in [3.05, 3.63) is 39.9 Å². The number of carbonyl (C=O) groups is 2. The maximum Gasteiger partial charge on any atom is 0.231 e. The monoisotopic (exact) mass is 364 g/mol. The van der Waals surface area contributed by atoms with Crippen LogP contribution in [0.15, 0.2) is 24.3 Å². The Morgan fingerprint density at radius 3 is 2.79 bits per heavy atom. The first-order valence-corrected chi connectivity index (χ1v) is 8.90. The minimum atomic E-state index is -0.362. The first-order valence-electron chi connectivity index (χ1n) is 7.70. The van der Waals surface area contributed by atoms with Gasteiger partial charge in [0.05, 0.1) is 5.92 Å². The Morgan fingerprint density at radius 2 is 2.12 bits per heavy atom. The summed E-state index contributed by atoms with van der Waals surface area (Å²) in [6.45, 7) is 2.88. The Hall–Kier alpha value is -1.99. The highest BCUT2D eigenvalue weighted by atomic mass is 35.5. The minimum absolute atomic E-state index is 0.0170. The molecule has 126 valence electrons. The second-order valence-corrected chi connectivity index (χ2v) is 7.14. The van der Waals surface area contributed by atoms with Gasteiger partial charge in [0.15, 0.2) is 0 Å². The van der Waals surface area contributed by atoms with Crippen molar-refractivity contribution in [2.24, 2.45) is 5.92 Å². The molecule has 1 N–H and O–H groups in total. The van der Waals surface area contributed by atoms with Crippen LogP contribution in [0, 0.1) is 5.92 Å². The molecule has 1 aliphatic heterocycles. The topological polar surface area (TPSA) is 75.2 Å². The van der Waals surface area contributed by atoms with Crippen molar-refractivity contribution in [3.8, 4) is 0 Å². The second kappa shape index (κ2) is 7.27. The molecule has 0 radical (unpaired) electrons. The second-order valence-electron chi connectivity index (χ2n) is 5.65. The smallest absolute Gasteiger partial charge is 0.231 e. The third-order valence-corrected chi connectivity index (χ3v) is 5.11. The number of hydrogen-bond acceptors (Lipinski definition) is 5. The normalized spacial score (nSPS) is 17.3. The van der Waals surface area contributed by atoms with Crippen LogP contribution in [0.5, 0.6) is 0 Å². The molecular weight excluding hydrogens is 348 g/mol. The van der Waals surface area contributed by atoms with Gasteiger partial charge >= 0.3 is 0 Å². The molecule has 24 heavy (non-hydrogen) atoms. The molecule has 1 unspecified atom stereocenters. The fourth-order valence-electron chi connectivity index (χ4n) is 2.57. The average Bonchev–Trinajstić information content (AvgIpc) is 3.16. The van der Waals surface area contributed by atoms with E-state index in [1.165, 1.54) is 11.3 Å². The SMILES string of the molecule is CCc1nnc(NC(=O)C2CC(=O)N(Cc3ccc(Cl)cc3)C2)s1. The molecule has 6 nitrogen and oxygen atoms in total. The van der Waals surface area contributed by atoms with Gasteiger partial charge in [-0.25, -0.2) is 0 Å². The number of halogens is 1. The molecule has 1 fully saturated rings. The van der Waals surface area contributed by atoms with Crippen molar-refractivity contribution >= 4 is 39.9 Å². The predicted molar refractivity (Wildman–Crippen MR) is 92.9 cm³/mol. The van der Waals surface area contributed by atoms with E-state index in [0.29, 0.717) is 23.2 Å². The average molecular weight is 365 g/mol. The highest BCUT2D eigenvalue weighted by Gasteiger charge is 2.34. The van der Waals surface area contributed by atoms with E-state index in [-0.39, 0.29) is 24.2 Å². The lowest BCUT2D eigenvalue weighted by atomic mass is 10.1. The van der Waals surface area contributed by atoms with E-state index >= 15 is 0 Å². The van der Waals surface area contributed by atoms with Crippen molar-refractivity contribution in [1.82, 2.24) is 15.1 Å². The summed E-state index contributed by atoms with van der Waals surface area (Å²) in [5.74, 6) is -0.559. The lowest BCUT2D eigenvalue weighted by Gasteiger charge is -2.16. The predicted octanol–water partition coefficient (Wildman–Crippen LogP) is 2.74. The number of anilines is 1. The Labute approximate surface area is 148 Å². The number of likely N-dealkylation sites (tertiary alicyclic amines) is 1. The summed E-state index contributed by atoms with van der Waals surface area (Å²) < 4.78 is 0. The van der Waals surface area contributed by atoms with Gasteiger partial charge in [0, 0.05) is 24.5 Å². The minimum Gasteiger partial charge on any atom is -0.338 e. The van der Waals surface area contributed by atoms with E-state index in [4.69, 9.17) is 11.6 Å². The zero-order valence-electron chi connectivity index (χ0n) is 13.2. The van der Waals surface area contributed by atoms with Gasteiger partial charge in [0.2, 0.25) is 16.9 Å². The van der Waals surface area contributed by atoms with Gasteiger partial charge in [-0.3, -0.25) is 9.59 Å². The number of hydrogen-bond donors (Lipinski definition) is 1. The number of aromatic nitrogens is 2. The number of nitrogens with zero attached hydrogens (tertiary/aromatic N) is 3. The molecule has 2 amide bonds. The molecule has 1 saturated heterocycles. The van der Waals surface area contributed by atoms with Crippen LogP contribution >= 0.6 is 22.9 Å². The lowest BCUT2D eigenvalue weighted by Crippen LogP contribution is -2.28. The quantitative estimate of drug-likeness (QED) is 0.885. The molecule has 1 atom stereocenters. The molecular formula is C16H17ClN4O2S. The molecule has 8 heteroatoms. The molecule has 1 aromatic heterocycles. The zero-order valence-corrected chi connectivity index (χ0v) is 14.7. The maximum atomic E-state index is 12.3. The summed E-state index contributed by atoms with van der Waals surface area (Å²) >= 11 is 7.23. The van der Waals surface area contributed by atoms with E-state index in [1.54, 1.807) is 17.0 Å². The Balaban J connectivity index is 1.59. The summed E-state index contributed by atoms with van der Waals surface area (Å²) in [5.41, 5.74) is 0.991. The van der Waals surface area contributed by atoms with Gasteiger partial charge in [-0.15, -0.1) is 10.2 Å². The standard InChI is InChI=1S/C16H17ClN4O2S/c1-2-13-19-20-16(24-13)18-15(23)11-7-14(22)21(9-11)8-10-3-5-12(17)6-4-10/h3-6,11H,2,7-9H2,1H3,(H,18,20,23). The summed E-state index contributed by atoms with van der Waals surface area (Å²) in [7, 11) is 0. The van der Waals surface area contributed by atoms with Crippen LogP contribution in [-0.2, 0) is 22.6 Å². The van der Waals surface area contributed by atoms with Crippen LogP contribution in [0.25, 0.3) is 0 Å². The van der Waals surface area contributed by atoms with Crippen molar-refractivity contribution in [3.63, 3.8) is 0 Å². The number of amides is 2. The molecule has 0 aliphatic carbocycles. The number of nitrogens with one attached hydrogen (secondary N) is 1. The first-order chi connectivity index (χ1) is 11.5. The van der Waals surface area contributed by atoms with Crippen LogP contribution in [0.2, 0.25) is 5.02 Å². The van der Waals surface area contributed by atoms with E-state index in [1.807, 2.05) is 19.1 Å². The van der Waals surface area contributed by atoms with Gasteiger partial charge in [-0.2, -0.15) is 0 Å². The number of carbonyl (C=O) groups excluding carboxylic acids is 2. The zero-order chi connectivity index (χ0) is 17.1. The largest absolute Gasteiger partial charge is 0.338 e. The van der Waals surface area contributed by atoms with Crippen LogP contribution in [0.1, 0.15) is 23.9 Å². The van der Waals surface area contributed by atoms with Gasteiger partial charge < -0.3 is 10.2 Å². The van der Waals surface area contributed by atoms with Crippen LogP contribution < -0.4 is 5.32 Å². The van der Waals surface area contributed by atoms with Crippen molar-refractivity contribution in [2.75, 3.05) is 11.9 Å². The van der Waals surface area contributed by atoms with Crippen molar-refractivity contribution < 1.29 is 9.59 Å². The van der Waals surface area contributed by atoms with E-state index in [2.05, 4.69) is 15.5 Å². The highest BCUT2D eigenvalue weighted by Crippen LogP contribution is 2.23. The van der Waals surface area contributed by atoms with E-state index in [0.717, 1.165) is 17.0 Å². The summed E-state index contributed by atoms with van der Waals surface area (Å²) in [6, 6.07) is 7.36. The molecule has 0 saturated carbocycles. The van der Waals surface area contributed by atoms with E-state index in [9.17, 15) is 9.59 Å². The van der Waals surface area contributed by atoms with Gasteiger partial charge in [-0.1, -0.05) is 42.0 Å². The molecule has 2 heterocycles. The third kappa shape index (κ3) is 3.91. The molecule has 0 bridgehead atoms. The lowest BCUT2D eigenvalue weighted by molar-refractivity contribution is -0.128. The molecule has 1 aliphatic rings. The number of rotatable bonds is 5. The Morgan fingerprint density at radius 1 is 1.38 bits per heavy atom. The highest BCUT2D eigenvalue weighted by molar-refractivity contribution is 7.15. The van der Waals surface area contributed by atoms with Crippen molar-refractivity contribution in [1.29, 1.82) is 0 Å². The molecule has 3 rings (SSSR count). The third-order valence-electron chi connectivity index (χ3n) is 3.87. The Bertz CT molecular complexity index is 747. The number of benzene rings is 1. The molecule has 2 aromatic rings. The summed E-state index contributed by atoms with van der Waals surface area (Å²) in [4.78, 5) is 26.2. The van der Waals surface area contributed by atoms with Gasteiger partial charge in [0.1, 0.15) is 5.01 Å². The van der Waals surface area contributed by atoms with E-state index < -0.39 is 0 Å². The Kier molecular flexibility index (Phi) is 5.11.